The molecular weight excluding hydrogens is 349 g/mol. The van der Waals surface area contributed by atoms with Gasteiger partial charge in [0.2, 0.25) is 0 Å². The highest BCUT2D eigenvalue weighted by Crippen LogP contribution is 2.24. The Labute approximate surface area is 133 Å². The average Bonchev–Trinajstić information content (AvgIpc) is 2.36. The van der Waals surface area contributed by atoms with Crippen LogP contribution in [0.2, 0.25) is 10.0 Å². The zero-order chi connectivity index (χ0) is 14.3. The van der Waals surface area contributed by atoms with Crippen LogP contribution in [0.15, 0.2) is 18.2 Å². The summed E-state index contributed by atoms with van der Waals surface area (Å²) in [6, 6.07) is 5.07. The van der Waals surface area contributed by atoms with Gasteiger partial charge in [0.1, 0.15) is 0 Å². The van der Waals surface area contributed by atoms with Gasteiger partial charge < -0.3 is 5.32 Å². The minimum atomic E-state index is -0.203. The van der Waals surface area contributed by atoms with Gasteiger partial charge in [-0.3, -0.25) is 4.79 Å². The van der Waals surface area contributed by atoms with E-state index in [4.69, 9.17) is 23.2 Å². The number of alkyl halides is 1. The molecule has 0 aromatic heterocycles. The van der Waals surface area contributed by atoms with Gasteiger partial charge >= 0.3 is 0 Å². The molecule has 0 spiro atoms. The van der Waals surface area contributed by atoms with Gasteiger partial charge in [0.15, 0.2) is 0 Å². The van der Waals surface area contributed by atoms with E-state index in [0.29, 0.717) is 28.1 Å². The van der Waals surface area contributed by atoms with Crippen molar-refractivity contribution < 1.29 is 4.79 Å². The van der Waals surface area contributed by atoms with E-state index in [1.165, 1.54) is 0 Å². The van der Waals surface area contributed by atoms with Crippen LogP contribution in [0.3, 0.4) is 0 Å². The molecule has 0 radical (unpaired) electrons. The molecule has 1 rings (SSSR count). The van der Waals surface area contributed by atoms with Crippen LogP contribution in [0.5, 0.6) is 0 Å². The molecule has 106 valence electrons. The average molecular weight is 367 g/mol. The Morgan fingerprint density at radius 2 is 1.95 bits per heavy atom. The van der Waals surface area contributed by atoms with Gasteiger partial charge in [0.05, 0.1) is 15.6 Å². The zero-order valence-electron chi connectivity index (χ0n) is 10.9. The molecule has 0 aliphatic rings. The second kappa shape index (κ2) is 8.83. The highest BCUT2D eigenvalue weighted by Gasteiger charge is 2.15. The topological polar surface area (TPSA) is 29.1 Å². The van der Waals surface area contributed by atoms with E-state index >= 15 is 0 Å². The van der Waals surface area contributed by atoms with Crippen molar-refractivity contribution in [1.82, 2.24) is 5.32 Å². The lowest BCUT2D eigenvalue weighted by molar-refractivity contribution is 0.0946. The molecule has 5 heteroatoms. The van der Waals surface area contributed by atoms with E-state index in [0.717, 1.165) is 24.6 Å². The van der Waals surface area contributed by atoms with E-state index in [1.807, 2.05) is 0 Å². The summed E-state index contributed by atoms with van der Waals surface area (Å²) >= 11 is 15.5. The highest BCUT2D eigenvalue weighted by molar-refractivity contribution is 9.09. The van der Waals surface area contributed by atoms with Gasteiger partial charge in [-0.1, -0.05) is 58.5 Å². The van der Waals surface area contributed by atoms with Crippen LogP contribution in [0.25, 0.3) is 0 Å². The van der Waals surface area contributed by atoms with Crippen LogP contribution in [-0.2, 0) is 0 Å². The van der Waals surface area contributed by atoms with E-state index in [2.05, 4.69) is 28.2 Å². The molecule has 1 N–H and O–H groups in total. The van der Waals surface area contributed by atoms with Crippen LogP contribution in [0, 0.1) is 5.92 Å². The van der Waals surface area contributed by atoms with Crippen molar-refractivity contribution in [3.05, 3.63) is 33.8 Å². The van der Waals surface area contributed by atoms with Crippen LogP contribution < -0.4 is 5.32 Å². The second-order valence-electron chi connectivity index (χ2n) is 4.44. The van der Waals surface area contributed by atoms with Crippen LogP contribution in [0.1, 0.15) is 36.5 Å². The first-order valence-electron chi connectivity index (χ1n) is 6.38. The number of rotatable bonds is 7. The molecule has 1 amide bonds. The summed E-state index contributed by atoms with van der Waals surface area (Å²) in [7, 11) is 0. The summed E-state index contributed by atoms with van der Waals surface area (Å²) in [5.74, 6) is 0.279. The number of hydrogen-bond donors (Lipinski definition) is 1. The predicted octanol–water partition coefficient (Wildman–Crippen LogP) is 4.92. The Balaban J connectivity index is 2.64. The first-order valence-corrected chi connectivity index (χ1v) is 8.26. The molecule has 0 saturated carbocycles. The molecule has 0 fully saturated rings. The minimum absolute atomic E-state index is 0.203. The Bertz CT molecular complexity index is 400. The van der Waals surface area contributed by atoms with Crippen LogP contribution in [0.4, 0.5) is 0 Å². The molecule has 0 saturated heterocycles. The molecule has 2 nitrogen and oxygen atoms in total. The summed E-state index contributed by atoms with van der Waals surface area (Å²) in [6.45, 7) is 2.80. The Morgan fingerprint density at radius 1 is 1.32 bits per heavy atom. The molecule has 0 bridgehead atoms. The third-order valence-corrected chi connectivity index (χ3v) is 4.04. The van der Waals surface area contributed by atoms with Gasteiger partial charge in [0, 0.05) is 11.9 Å². The lowest BCUT2D eigenvalue weighted by Crippen LogP contribution is -2.30. The smallest absolute Gasteiger partial charge is 0.254 e. The quantitative estimate of drug-likeness (QED) is 0.681. The van der Waals surface area contributed by atoms with E-state index in [-0.39, 0.29) is 5.91 Å². The summed E-state index contributed by atoms with van der Waals surface area (Å²) in [5, 5.41) is 4.64. The predicted molar refractivity (Wildman–Crippen MR) is 85.6 cm³/mol. The fourth-order valence-corrected chi connectivity index (χ4v) is 3.17. The van der Waals surface area contributed by atoms with Crippen molar-refractivity contribution in [1.29, 1.82) is 0 Å². The molecule has 1 unspecified atom stereocenters. The molecule has 1 aromatic carbocycles. The van der Waals surface area contributed by atoms with Crippen molar-refractivity contribution in [3.8, 4) is 0 Å². The van der Waals surface area contributed by atoms with Gasteiger partial charge in [-0.05, 0) is 30.9 Å². The summed E-state index contributed by atoms with van der Waals surface area (Å²) in [5.41, 5.74) is 0.361. The number of nitrogens with one attached hydrogen (secondary N) is 1. The van der Waals surface area contributed by atoms with E-state index < -0.39 is 0 Å². The monoisotopic (exact) mass is 365 g/mol. The zero-order valence-corrected chi connectivity index (χ0v) is 14.0. The Morgan fingerprint density at radius 3 is 2.47 bits per heavy atom. The molecule has 0 aliphatic heterocycles. The second-order valence-corrected chi connectivity index (χ2v) is 6.05. The van der Waals surface area contributed by atoms with E-state index in [1.54, 1.807) is 18.2 Å². The van der Waals surface area contributed by atoms with Gasteiger partial charge in [-0.25, -0.2) is 0 Å². The van der Waals surface area contributed by atoms with Gasteiger partial charge in [0.25, 0.3) is 5.91 Å². The number of benzene rings is 1. The van der Waals surface area contributed by atoms with E-state index in [9.17, 15) is 4.79 Å². The molecule has 1 atom stereocenters. The summed E-state index contributed by atoms with van der Waals surface area (Å²) in [6.07, 6.45) is 3.26. The third kappa shape index (κ3) is 5.33. The van der Waals surface area contributed by atoms with Crippen molar-refractivity contribution in [3.63, 3.8) is 0 Å². The Hall–Kier alpha value is -0.250. The standard InChI is InChI=1S/C14H18BrCl2NO/c1-2-4-10(7-8-15)9-18-14(19)13-11(16)5-3-6-12(13)17/h3,5-6,10H,2,4,7-9H2,1H3,(H,18,19). The van der Waals surface area contributed by atoms with Crippen LogP contribution in [-0.4, -0.2) is 17.8 Å². The normalized spacial score (nSPS) is 12.2. The molecule has 0 heterocycles. The minimum Gasteiger partial charge on any atom is -0.352 e. The maximum atomic E-state index is 12.1. The van der Waals surface area contributed by atoms with Gasteiger partial charge in [-0.2, -0.15) is 0 Å². The largest absolute Gasteiger partial charge is 0.352 e. The van der Waals surface area contributed by atoms with Crippen molar-refractivity contribution in [2.45, 2.75) is 26.2 Å². The van der Waals surface area contributed by atoms with Crippen molar-refractivity contribution >= 4 is 45.0 Å². The molecule has 19 heavy (non-hydrogen) atoms. The summed E-state index contributed by atoms with van der Waals surface area (Å²) < 4.78 is 0. The SMILES string of the molecule is CCCC(CCBr)CNC(=O)c1c(Cl)cccc1Cl. The van der Waals surface area contributed by atoms with Crippen LogP contribution >= 0.6 is 39.1 Å². The summed E-state index contributed by atoms with van der Waals surface area (Å²) in [4.78, 5) is 12.1. The van der Waals surface area contributed by atoms with Crippen molar-refractivity contribution in [2.24, 2.45) is 5.92 Å². The fraction of sp³-hybridized carbons (Fsp3) is 0.500. The molecule has 0 aliphatic carbocycles. The maximum Gasteiger partial charge on any atom is 0.254 e. The fourth-order valence-electron chi connectivity index (χ4n) is 1.95. The number of amides is 1. The lowest BCUT2D eigenvalue weighted by atomic mass is 10.0. The first-order chi connectivity index (χ1) is 9.10. The Kier molecular flexibility index (Phi) is 7.81. The number of hydrogen-bond acceptors (Lipinski definition) is 1. The van der Waals surface area contributed by atoms with Gasteiger partial charge in [-0.15, -0.1) is 0 Å². The maximum absolute atomic E-state index is 12.1. The number of carbonyl (C=O) groups excluding carboxylic acids is 1. The third-order valence-electron chi connectivity index (χ3n) is 2.96. The number of carbonyl (C=O) groups is 1. The first kappa shape index (κ1) is 16.8. The van der Waals surface area contributed by atoms with Crippen molar-refractivity contribution in [2.75, 3.05) is 11.9 Å². The number of halogens is 3. The highest BCUT2D eigenvalue weighted by atomic mass is 79.9. The molecular formula is C14H18BrCl2NO. The lowest BCUT2D eigenvalue weighted by Gasteiger charge is -2.16. The molecule has 1 aromatic rings.